The highest BCUT2D eigenvalue weighted by Gasteiger charge is 2.64. The molecule has 694 valence electrons. The van der Waals surface area contributed by atoms with E-state index in [0.29, 0.717) is 137 Å². The average Bonchev–Trinajstić information content (AvgIpc) is 1.58. The van der Waals surface area contributed by atoms with Gasteiger partial charge in [-0.1, -0.05) is 84.2 Å². The number of alkyl carbamates (subject to hydrolysis) is 2. The quantitative estimate of drug-likeness (QED) is 0.00820. The minimum absolute atomic E-state index is 0.00885. The molecule has 0 radical (unpaired) electrons. The lowest BCUT2D eigenvalue weighted by Crippen LogP contribution is -2.59. The molecule has 6 aliphatic carbocycles. The maximum Gasteiger partial charge on any atom is 0.408 e. The number of benzene rings is 3. The number of methoxy groups -OCH3 is 3. The summed E-state index contributed by atoms with van der Waals surface area (Å²) < 4.78 is 80.6. The predicted octanol–water partition coefficient (Wildman–Crippen LogP) is 11.0. The standard InChI is InChI=1S/C42H57N7O9.C31H42BrN3O9S.C18H22N4O3/c1-8-26-21-42(26,39(52)53)46-37(50)32-19-29(22-48(32)38(51)36(41(4,5)6)45-40(54)58-28-16-24-15-25(24)17-28)57-33-20-35(49-12-11-34(47-49)43-23(2)3)44-31-18-27(9-10-30(31)33)56-14-13-55-7;1-6-19-15-31(19,28(38)42-5)34-26(36)24-14-22(44-45(40,41)23-9-7-20(32)8-10-23)16-35(24)27(37)25(30(2,3)4)33-29(39)43-21-12-17-11-18(17)13-21;1-12(2)19-17-6-7-22(21-17)18-11-16(23)14-5-4-13(10-15(14)20-18)25-9-8-24-3/h9-12,18,20,23-26,28-29,32,36H,8,13-17,19,21-22H2,1-7H3,(H,43,47)(H,45,54)(H,46,50)(H,52,53);7-10,17-19,21-22,24-25H,6,11-16H2,1-5H3,(H,33,39)(H,34,36);4-7,10-12H,8-9H2,1-3H3,(H,19,21)(H,20,23)/t24-,25+,26-,28?,29-,32+,36-,42-;17-,18+,19-,21?,22+,24+,25-,31-;/m11./s1. The molecule has 6 saturated carbocycles. The number of aromatic nitrogens is 6. The fourth-order valence-electron chi connectivity index (χ4n) is 17.9. The lowest BCUT2D eigenvalue weighted by atomic mass is 9.85. The molecule has 2 aliphatic heterocycles. The number of rotatable bonds is 33. The first-order valence-electron chi connectivity index (χ1n) is 44.1. The van der Waals surface area contributed by atoms with Gasteiger partial charge in [0.2, 0.25) is 23.6 Å². The van der Waals surface area contributed by atoms with Crippen LogP contribution < -0.4 is 51.5 Å². The van der Waals surface area contributed by atoms with Gasteiger partial charge in [0.15, 0.2) is 11.2 Å². The molecule has 3 aromatic carbocycles. The SMILES string of the molecule is CC[C@@H]1C[C@]1(NC(=O)[C@@H]1C[C@@H](Oc2cc(-n3ccc(NC(C)C)n3)nc3cc(OCCOC)ccc23)CN1C(=O)[C@@H](NC(=O)OC1C[C@@H]2C[C@@H]2C1)C(C)(C)C)C(=O)O.CC[C@@H]1C[C@]1(NC(=O)[C@@H]1C[C@H](OS(=O)(=O)c2ccc(Br)cc2)CN1C(=O)[C@@H](NC(=O)OC1C[C@@H]2C[C@@H]2C1)C(C)(C)C)C(=O)OC.COCCOc1ccc2c(=O)cc(-n3ccc(NC(C)C)n3)[nH]c2c1. The van der Waals surface area contributed by atoms with E-state index in [1.54, 1.807) is 99.2 Å². The predicted molar refractivity (Wildman–Crippen MR) is 477 cm³/mol. The first kappa shape index (κ1) is 95.0. The summed E-state index contributed by atoms with van der Waals surface area (Å²) in [7, 11) is 0.225. The monoisotopic (exact) mass is 1860 g/mol. The van der Waals surface area contributed by atoms with Gasteiger partial charge in [0.1, 0.15) is 101 Å². The highest BCUT2D eigenvalue weighted by Crippen LogP contribution is 2.54. The number of amides is 6. The number of fused-ring (bicyclic) bond motifs is 4. The average molecular weight is 1860 g/mol. The molecular weight excluding hydrogens is 1740 g/mol. The molecule has 2 unspecified atom stereocenters. The van der Waals surface area contributed by atoms with E-state index in [9.17, 15) is 56.7 Å². The number of ether oxygens (including phenoxy) is 8. The van der Waals surface area contributed by atoms with Crippen LogP contribution in [-0.4, -0.2) is 233 Å². The van der Waals surface area contributed by atoms with Gasteiger partial charge >= 0.3 is 24.1 Å². The number of halogens is 1. The highest BCUT2D eigenvalue weighted by atomic mass is 79.9. The number of anilines is 2. The van der Waals surface area contributed by atoms with Crippen molar-refractivity contribution in [3.8, 4) is 28.9 Å². The molecule has 35 nitrogen and oxygen atoms in total. The number of hydrogen-bond acceptors (Lipinski definition) is 25. The lowest BCUT2D eigenvalue weighted by Gasteiger charge is -2.35. The molecule has 7 aromatic rings. The number of pyridine rings is 2. The molecule has 8 fully saturated rings. The van der Waals surface area contributed by atoms with E-state index < -0.39 is 116 Å². The summed E-state index contributed by atoms with van der Waals surface area (Å²) in [5.74, 6) is 2.27. The van der Waals surface area contributed by atoms with Crippen molar-refractivity contribution in [3.63, 3.8) is 0 Å². The van der Waals surface area contributed by atoms with Crippen LogP contribution in [0.4, 0.5) is 21.2 Å². The second kappa shape index (κ2) is 39.4. The van der Waals surface area contributed by atoms with Crippen molar-refractivity contribution in [2.45, 2.75) is 237 Å². The van der Waals surface area contributed by atoms with Crippen LogP contribution in [0, 0.1) is 46.3 Å². The number of carboxylic acids is 1. The molecule has 15 rings (SSSR count). The number of aromatic amines is 1. The Morgan fingerprint density at radius 1 is 0.586 bits per heavy atom. The summed E-state index contributed by atoms with van der Waals surface area (Å²) in [6, 6.07) is 19.8. The van der Waals surface area contributed by atoms with Crippen LogP contribution in [0.25, 0.3) is 33.4 Å². The van der Waals surface area contributed by atoms with Crippen molar-refractivity contribution in [3.05, 3.63) is 112 Å². The van der Waals surface area contributed by atoms with E-state index in [0.717, 1.165) is 31.5 Å². The molecule has 6 amide bonds. The van der Waals surface area contributed by atoms with Gasteiger partial charge in [0.25, 0.3) is 10.1 Å². The molecule has 0 bridgehead atoms. The van der Waals surface area contributed by atoms with E-state index >= 15 is 0 Å². The zero-order valence-electron chi connectivity index (χ0n) is 75.2. The number of carboxylic acid groups (broad SMARTS) is 1. The summed E-state index contributed by atoms with van der Waals surface area (Å²) in [6.07, 6.45) is 7.50. The van der Waals surface area contributed by atoms with Crippen molar-refractivity contribution in [2.75, 3.05) is 71.5 Å². The van der Waals surface area contributed by atoms with Crippen LogP contribution in [0.15, 0.2) is 111 Å². The minimum Gasteiger partial charge on any atom is -0.491 e. The molecule has 2 saturated heterocycles. The Hall–Kier alpha value is -10.6. The second-order valence-electron chi connectivity index (χ2n) is 37.5. The third-order valence-electron chi connectivity index (χ3n) is 25.0. The molecule has 6 heterocycles. The second-order valence-corrected chi connectivity index (χ2v) is 40.0. The normalized spacial score (nSPS) is 25.1. The van der Waals surface area contributed by atoms with Gasteiger partial charge in [-0.25, -0.2) is 33.5 Å². The lowest BCUT2D eigenvalue weighted by molar-refractivity contribution is -0.148. The molecule has 128 heavy (non-hydrogen) atoms. The number of carbonyl (C=O) groups excluding carboxylic acids is 7. The molecule has 4 aromatic heterocycles. The largest absolute Gasteiger partial charge is 0.491 e. The third kappa shape index (κ3) is 22.6. The maximum absolute atomic E-state index is 14.7. The number of carbonyl (C=O) groups is 8. The van der Waals surface area contributed by atoms with Gasteiger partial charge in [-0.15, -0.1) is 10.2 Å². The summed E-state index contributed by atoms with van der Waals surface area (Å²) in [5.41, 5.74) is -2.99. The summed E-state index contributed by atoms with van der Waals surface area (Å²) >= 11 is 3.28. The van der Waals surface area contributed by atoms with Crippen LogP contribution >= 0.6 is 15.9 Å². The summed E-state index contributed by atoms with van der Waals surface area (Å²) in [4.78, 5) is 132. The minimum atomic E-state index is -4.25. The molecule has 0 spiro atoms. The number of esters is 1. The Balaban J connectivity index is 0.000000177. The number of likely N-dealkylation sites (tertiary alicyclic amines) is 2. The van der Waals surface area contributed by atoms with Crippen LogP contribution in [0.2, 0.25) is 0 Å². The molecule has 37 heteroatoms. The fraction of sp³-hybridized carbons (Fsp3) is 0.582. The van der Waals surface area contributed by atoms with Gasteiger partial charge < -0.3 is 89.7 Å². The van der Waals surface area contributed by atoms with Crippen molar-refractivity contribution >= 4 is 107 Å². The van der Waals surface area contributed by atoms with Crippen molar-refractivity contribution in [1.29, 1.82) is 0 Å². The Bertz CT molecular complexity index is 5380. The van der Waals surface area contributed by atoms with E-state index in [1.807, 2.05) is 92.6 Å². The van der Waals surface area contributed by atoms with Crippen LogP contribution in [0.3, 0.4) is 0 Å². The van der Waals surface area contributed by atoms with Crippen LogP contribution in [0.5, 0.6) is 17.2 Å². The summed E-state index contributed by atoms with van der Waals surface area (Å²) in [5, 5.41) is 38.3. The van der Waals surface area contributed by atoms with Crippen molar-refractivity contribution in [1.82, 2.24) is 60.6 Å². The van der Waals surface area contributed by atoms with Crippen LogP contribution in [0.1, 0.15) is 160 Å². The van der Waals surface area contributed by atoms with E-state index in [2.05, 4.69) is 63.0 Å². The maximum atomic E-state index is 14.7. The summed E-state index contributed by atoms with van der Waals surface area (Å²) in [6.45, 7) is 24.2. The number of aliphatic carboxylic acids is 1. The van der Waals surface area contributed by atoms with E-state index in [-0.39, 0.29) is 72.4 Å². The zero-order chi connectivity index (χ0) is 92.2. The Morgan fingerprint density at radius 2 is 1.07 bits per heavy atom. The van der Waals surface area contributed by atoms with Crippen LogP contribution in [-0.2, 0) is 66.8 Å². The number of nitrogens with one attached hydrogen (secondary N) is 7. The third-order valence-corrected chi connectivity index (χ3v) is 26.9. The topological polar surface area (TPSA) is 434 Å². The first-order chi connectivity index (χ1) is 60.7. The molecule has 8 N–H and O–H groups in total. The van der Waals surface area contributed by atoms with Gasteiger partial charge in [-0.05, 0) is 174 Å². The van der Waals surface area contributed by atoms with E-state index in [4.69, 9.17) is 47.1 Å². The Morgan fingerprint density at radius 3 is 1.56 bits per heavy atom. The van der Waals surface area contributed by atoms with Gasteiger partial charge in [-0.2, -0.15) is 8.42 Å². The number of nitrogens with zero attached hydrogens (tertiary/aromatic N) is 7. The fourth-order valence-corrected chi connectivity index (χ4v) is 19.2. The molecule has 8 aliphatic rings. The smallest absolute Gasteiger partial charge is 0.408 e. The van der Waals surface area contributed by atoms with Crippen molar-refractivity contribution < 1.29 is 94.0 Å². The zero-order valence-corrected chi connectivity index (χ0v) is 77.6. The number of H-pyrrole nitrogens is 1. The highest BCUT2D eigenvalue weighted by molar-refractivity contribution is 9.10. The molecule has 16 atom stereocenters. The van der Waals surface area contributed by atoms with Gasteiger partial charge in [0.05, 0.1) is 48.9 Å². The van der Waals surface area contributed by atoms with Gasteiger partial charge in [0, 0.05) is 110 Å². The van der Waals surface area contributed by atoms with E-state index in [1.165, 1.54) is 41.9 Å². The van der Waals surface area contributed by atoms with Crippen molar-refractivity contribution in [2.24, 2.45) is 46.3 Å². The Kier molecular flexibility index (Phi) is 29.2. The first-order valence-corrected chi connectivity index (χ1v) is 46.3. The van der Waals surface area contributed by atoms with Gasteiger partial charge in [-0.3, -0.25) is 28.2 Å². The molecular formula is C91H121BrN14O21S. The number of hydrogen-bond donors (Lipinski definition) is 8. The Labute approximate surface area is 753 Å².